The number of benzene rings is 1. The molecule has 1 aromatic carbocycles. The summed E-state index contributed by atoms with van der Waals surface area (Å²) in [4.78, 5) is 43.4. The van der Waals surface area contributed by atoms with Crippen LogP contribution in [-0.4, -0.2) is 45.5 Å². The summed E-state index contributed by atoms with van der Waals surface area (Å²) < 4.78 is 7.03. The van der Waals surface area contributed by atoms with E-state index in [0.29, 0.717) is 23.0 Å². The molecule has 0 radical (unpaired) electrons. The van der Waals surface area contributed by atoms with Gasteiger partial charge in [0.25, 0.3) is 11.5 Å². The molecular formula is C19H21N3O4. The molecule has 7 nitrogen and oxygen atoms in total. The van der Waals surface area contributed by atoms with Crippen molar-refractivity contribution in [2.24, 2.45) is 0 Å². The number of carbonyl (C=O) groups is 2. The molecule has 4 rings (SSSR count). The Bertz CT molecular complexity index is 944. The van der Waals surface area contributed by atoms with Crippen LogP contribution < -0.4 is 5.56 Å². The van der Waals surface area contributed by atoms with Gasteiger partial charge in [-0.3, -0.25) is 14.2 Å². The molecule has 1 saturated heterocycles. The molecule has 0 aliphatic carbocycles. The maximum absolute atomic E-state index is 12.5. The van der Waals surface area contributed by atoms with E-state index in [-0.39, 0.29) is 11.5 Å². The van der Waals surface area contributed by atoms with Gasteiger partial charge in [-0.05, 0) is 44.4 Å². The van der Waals surface area contributed by atoms with E-state index in [4.69, 9.17) is 4.74 Å². The Morgan fingerprint density at radius 1 is 1.15 bits per heavy atom. The average molecular weight is 355 g/mol. The van der Waals surface area contributed by atoms with Gasteiger partial charge in [-0.25, -0.2) is 9.78 Å². The van der Waals surface area contributed by atoms with Gasteiger partial charge < -0.3 is 9.64 Å². The van der Waals surface area contributed by atoms with Crippen LogP contribution in [0, 0.1) is 0 Å². The molecule has 0 N–H and O–H groups in total. The fourth-order valence-corrected chi connectivity index (χ4v) is 3.68. The van der Waals surface area contributed by atoms with E-state index >= 15 is 0 Å². The second kappa shape index (κ2) is 6.55. The lowest BCUT2D eigenvalue weighted by molar-refractivity contribution is -0.138. The van der Waals surface area contributed by atoms with Crippen LogP contribution in [0.15, 0.2) is 23.0 Å². The van der Waals surface area contributed by atoms with E-state index in [9.17, 15) is 14.4 Å². The van der Waals surface area contributed by atoms with Gasteiger partial charge in [0.1, 0.15) is 5.82 Å². The Balaban J connectivity index is 1.56. The first-order valence-corrected chi connectivity index (χ1v) is 9.08. The summed E-state index contributed by atoms with van der Waals surface area (Å²) in [5.74, 6) is 0.0192. The Labute approximate surface area is 150 Å². The Morgan fingerprint density at radius 2 is 1.92 bits per heavy atom. The summed E-state index contributed by atoms with van der Waals surface area (Å²) in [5, 5.41) is 0.494. The monoisotopic (exact) mass is 355 g/mol. The predicted octanol–water partition coefficient (Wildman–Crippen LogP) is 1.51. The quantitative estimate of drug-likeness (QED) is 0.780. The number of nitrogens with zero attached hydrogens (tertiary/aromatic N) is 3. The largest absolute Gasteiger partial charge is 0.449 e. The molecule has 1 aromatic heterocycles. The lowest BCUT2D eigenvalue weighted by atomic mass is 10.1. The number of fused-ring (bicyclic) bond motifs is 2. The summed E-state index contributed by atoms with van der Waals surface area (Å²) in [6.45, 7) is 3.72. The number of likely N-dealkylation sites (tertiary alicyclic amines) is 1. The van der Waals surface area contributed by atoms with Crippen LogP contribution in [0.3, 0.4) is 0 Å². The number of esters is 1. The summed E-state index contributed by atoms with van der Waals surface area (Å²) in [6, 6.07) is 4.74. The van der Waals surface area contributed by atoms with Crippen LogP contribution in [0.25, 0.3) is 10.9 Å². The third kappa shape index (κ3) is 2.87. The number of aromatic nitrogens is 2. The van der Waals surface area contributed by atoms with Gasteiger partial charge >= 0.3 is 5.97 Å². The molecule has 1 atom stereocenters. The van der Waals surface area contributed by atoms with E-state index in [1.54, 1.807) is 34.6 Å². The standard InChI is InChI=1S/C19H21N3O4/c1-12(17(23)21-8-2-3-9-21)26-19(25)13-6-7-14-15(11-13)20-16-5-4-10-22(16)18(14)24/h6-7,11-12H,2-5,8-10H2,1H3/t12-/m0/s1. The number of ether oxygens (including phenoxy) is 1. The molecule has 3 heterocycles. The zero-order valence-corrected chi connectivity index (χ0v) is 14.7. The van der Waals surface area contributed by atoms with Gasteiger partial charge in [-0.1, -0.05) is 0 Å². The van der Waals surface area contributed by atoms with E-state index in [1.165, 1.54) is 0 Å². The third-order valence-corrected chi connectivity index (χ3v) is 5.10. The first-order chi connectivity index (χ1) is 12.5. The number of rotatable bonds is 3. The molecule has 0 saturated carbocycles. The van der Waals surface area contributed by atoms with Crippen LogP contribution >= 0.6 is 0 Å². The van der Waals surface area contributed by atoms with Crippen molar-refractivity contribution in [1.82, 2.24) is 14.5 Å². The summed E-state index contributed by atoms with van der Waals surface area (Å²) >= 11 is 0. The molecule has 7 heteroatoms. The van der Waals surface area contributed by atoms with Crippen LogP contribution in [-0.2, 0) is 22.5 Å². The van der Waals surface area contributed by atoms with E-state index in [2.05, 4.69) is 4.98 Å². The SMILES string of the molecule is C[C@H](OC(=O)c1ccc2c(=O)n3c(nc2c1)CCC3)C(=O)N1CCCC1. The molecule has 1 fully saturated rings. The number of hydrogen-bond donors (Lipinski definition) is 0. The fourth-order valence-electron chi connectivity index (χ4n) is 3.68. The molecule has 26 heavy (non-hydrogen) atoms. The highest BCUT2D eigenvalue weighted by atomic mass is 16.5. The minimum absolute atomic E-state index is 0.0694. The predicted molar refractivity (Wildman–Crippen MR) is 95.0 cm³/mol. The maximum Gasteiger partial charge on any atom is 0.338 e. The number of carbonyl (C=O) groups excluding carboxylic acids is 2. The van der Waals surface area contributed by atoms with Crippen molar-refractivity contribution < 1.29 is 14.3 Å². The Hall–Kier alpha value is -2.70. The minimum Gasteiger partial charge on any atom is -0.449 e. The van der Waals surface area contributed by atoms with Crippen molar-refractivity contribution >= 4 is 22.8 Å². The van der Waals surface area contributed by atoms with Crippen LogP contribution in [0.1, 0.15) is 42.4 Å². The Morgan fingerprint density at radius 3 is 2.69 bits per heavy atom. The first-order valence-electron chi connectivity index (χ1n) is 9.08. The fraction of sp³-hybridized carbons (Fsp3) is 0.474. The molecule has 2 aromatic rings. The van der Waals surface area contributed by atoms with Gasteiger partial charge in [0.15, 0.2) is 6.10 Å². The highest BCUT2D eigenvalue weighted by molar-refractivity contribution is 5.95. The van der Waals surface area contributed by atoms with Crippen molar-refractivity contribution in [3.05, 3.63) is 39.9 Å². The van der Waals surface area contributed by atoms with Gasteiger partial charge in [0.2, 0.25) is 0 Å². The second-order valence-corrected chi connectivity index (χ2v) is 6.90. The lowest BCUT2D eigenvalue weighted by Crippen LogP contribution is -2.38. The second-order valence-electron chi connectivity index (χ2n) is 6.90. The van der Waals surface area contributed by atoms with Crippen LogP contribution in [0.2, 0.25) is 0 Å². The van der Waals surface area contributed by atoms with Crippen molar-refractivity contribution in [3.8, 4) is 0 Å². The Kier molecular flexibility index (Phi) is 4.22. The van der Waals surface area contributed by atoms with Crippen LogP contribution in [0.4, 0.5) is 0 Å². The normalized spacial score (nSPS) is 17.3. The molecule has 0 bridgehead atoms. The minimum atomic E-state index is -0.824. The zero-order valence-electron chi connectivity index (χ0n) is 14.7. The van der Waals surface area contributed by atoms with E-state index in [0.717, 1.165) is 44.6 Å². The summed E-state index contributed by atoms with van der Waals surface area (Å²) in [6.07, 6.45) is 2.82. The van der Waals surface area contributed by atoms with Gasteiger partial charge in [-0.2, -0.15) is 0 Å². The van der Waals surface area contributed by atoms with Crippen molar-refractivity contribution in [1.29, 1.82) is 0 Å². The molecule has 2 aliphatic heterocycles. The maximum atomic E-state index is 12.5. The van der Waals surface area contributed by atoms with E-state index < -0.39 is 12.1 Å². The molecule has 1 amide bonds. The molecule has 0 unspecified atom stereocenters. The zero-order chi connectivity index (χ0) is 18.3. The van der Waals surface area contributed by atoms with E-state index in [1.807, 2.05) is 0 Å². The highest BCUT2D eigenvalue weighted by Gasteiger charge is 2.26. The summed E-state index contributed by atoms with van der Waals surface area (Å²) in [5.41, 5.74) is 0.726. The molecule has 0 spiro atoms. The molecule has 136 valence electrons. The summed E-state index contributed by atoms with van der Waals surface area (Å²) in [7, 11) is 0. The number of amides is 1. The number of hydrogen-bond acceptors (Lipinski definition) is 5. The highest BCUT2D eigenvalue weighted by Crippen LogP contribution is 2.17. The number of aryl methyl sites for hydroxylation is 1. The van der Waals surface area contributed by atoms with Gasteiger partial charge in [0.05, 0.1) is 16.5 Å². The lowest BCUT2D eigenvalue weighted by Gasteiger charge is -2.20. The topological polar surface area (TPSA) is 81.5 Å². The van der Waals surface area contributed by atoms with Crippen molar-refractivity contribution in [3.63, 3.8) is 0 Å². The average Bonchev–Trinajstić information content (AvgIpc) is 3.32. The molecule has 2 aliphatic rings. The first kappa shape index (κ1) is 16.8. The smallest absolute Gasteiger partial charge is 0.338 e. The van der Waals surface area contributed by atoms with Crippen molar-refractivity contribution in [2.75, 3.05) is 13.1 Å². The van der Waals surface area contributed by atoms with Gasteiger partial charge in [-0.15, -0.1) is 0 Å². The van der Waals surface area contributed by atoms with Crippen LogP contribution in [0.5, 0.6) is 0 Å². The molecular weight excluding hydrogens is 334 g/mol. The van der Waals surface area contributed by atoms with Gasteiger partial charge in [0, 0.05) is 26.1 Å². The van der Waals surface area contributed by atoms with Crippen molar-refractivity contribution in [2.45, 2.75) is 45.3 Å². The third-order valence-electron chi connectivity index (χ3n) is 5.10.